The number of nitrogens with zero attached hydrogens (tertiary/aromatic N) is 3. The highest BCUT2D eigenvalue weighted by Crippen LogP contribution is 2.18. The minimum Gasteiger partial charge on any atom is -0.441 e. The average Bonchev–Trinajstić information content (AvgIpc) is 2.85. The number of carbonyl (C=O) groups is 2. The standard InChI is InChI=1S/C15H17N3O3/c1-10-16-13-9-12(3-4-14(13)21-10)15(20)18-7-5-17(6-8-18)11(2)19/h3-4,9H,5-8H2,1-2H3. The van der Waals surface area contributed by atoms with Crippen LogP contribution < -0.4 is 0 Å². The van der Waals surface area contributed by atoms with Crippen LogP contribution in [0.1, 0.15) is 23.2 Å². The number of oxazole rings is 1. The van der Waals surface area contributed by atoms with Crippen LogP contribution in [-0.2, 0) is 4.79 Å². The molecule has 1 aromatic heterocycles. The van der Waals surface area contributed by atoms with Gasteiger partial charge in [0.25, 0.3) is 5.91 Å². The van der Waals surface area contributed by atoms with Crippen molar-refractivity contribution in [1.82, 2.24) is 14.8 Å². The molecule has 2 aromatic rings. The summed E-state index contributed by atoms with van der Waals surface area (Å²) < 4.78 is 5.41. The van der Waals surface area contributed by atoms with Gasteiger partial charge in [0, 0.05) is 45.6 Å². The Labute approximate surface area is 122 Å². The lowest BCUT2D eigenvalue weighted by molar-refractivity contribution is -0.130. The van der Waals surface area contributed by atoms with Crippen LogP contribution in [0.5, 0.6) is 0 Å². The molecule has 1 fully saturated rings. The van der Waals surface area contributed by atoms with Crippen molar-refractivity contribution in [3.8, 4) is 0 Å². The molecule has 0 aliphatic carbocycles. The van der Waals surface area contributed by atoms with Crippen LogP contribution in [0.25, 0.3) is 11.1 Å². The summed E-state index contributed by atoms with van der Waals surface area (Å²) in [5.41, 5.74) is 1.98. The third-order valence-corrected chi connectivity index (χ3v) is 3.75. The summed E-state index contributed by atoms with van der Waals surface area (Å²) in [5.74, 6) is 0.618. The quantitative estimate of drug-likeness (QED) is 0.796. The lowest BCUT2D eigenvalue weighted by Gasteiger charge is -2.34. The fraction of sp³-hybridized carbons (Fsp3) is 0.400. The number of aromatic nitrogens is 1. The van der Waals surface area contributed by atoms with Gasteiger partial charge in [0.2, 0.25) is 5.91 Å². The van der Waals surface area contributed by atoms with Crippen LogP contribution in [-0.4, -0.2) is 52.8 Å². The molecule has 0 N–H and O–H groups in total. The minimum atomic E-state index is -0.0271. The van der Waals surface area contributed by atoms with E-state index in [2.05, 4.69) is 4.98 Å². The number of hydrogen-bond donors (Lipinski definition) is 0. The fourth-order valence-corrected chi connectivity index (χ4v) is 2.58. The molecule has 0 unspecified atom stereocenters. The van der Waals surface area contributed by atoms with Gasteiger partial charge >= 0.3 is 0 Å². The molecular weight excluding hydrogens is 270 g/mol. The lowest BCUT2D eigenvalue weighted by Crippen LogP contribution is -2.50. The van der Waals surface area contributed by atoms with Crippen molar-refractivity contribution in [2.24, 2.45) is 0 Å². The Morgan fingerprint density at radius 2 is 1.81 bits per heavy atom. The first-order valence-electron chi connectivity index (χ1n) is 6.96. The highest BCUT2D eigenvalue weighted by Gasteiger charge is 2.23. The minimum absolute atomic E-state index is 0.0271. The third kappa shape index (κ3) is 2.61. The number of hydrogen-bond acceptors (Lipinski definition) is 4. The van der Waals surface area contributed by atoms with E-state index in [0.717, 1.165) is 0 Å². The highest BCUT2D eigenvalue weighted by atomic mass is 16.3. The van der Waals surface area contributed by atoms with E-state index in [1.807, 2.05) is 0 Å². The zero-order valence-electron chi connectivity index (χ0n) is 12.1. The van der Waals surface area contributed by atoms with E-state index in [-0.39, 0.29) is 11.8 Å². The van der Waals surface area contributed by atoms with Crippen LogP contribution in [0, 0.1) is 6.92 Å². The van der Waals surface area contributed by atoms with Crippen molar-refractivity contribution in [2.45, 2.75) is 13.8 Å². The van der Waals surface area contributed by atoms with Gasteiger partial charge in [-0.05, 0) is 18.2 Å². The van der Waals surface area contributed by atoms with Gasteiger partial charge in [0.15, 0.2) is 11.5 Å². The molecule has 0 spiro atoms. The Bertz CT molecular complexity index is 699. The molecule has 0 bridgehead atoms. The van der Waals surface area contributed by atoms with Crippen molar-refractivity contribution in [2.75, 3.05) is 26.2 Å². The molecule has 0 saturated carbocycles. The van der Waals surface area contributed by atoms with Crippen molar-refractivity contribution in [3.05, 3.63) is 29.7 Å². The number of fused-ring (bicyclic) bond motifs is 1. The van der Waals surface area contributed by atoms with Crippen LogP contribution >= 0.6 is 0 Å². The zero-order valence-corrected chi connectivity index (χ0v) is 12.1. The van der Waals surface area contributed by atoms with Gasteiger partial charge in [-0.15, -0.1) is 0 Å². The normalized spacial score (nSPS) is 15.5. The molecule has 2 amide bonds. The second kappa shape index (κ2) is 5.20. The Kier molecular flexibility index (Phi) is 3.37. The molecule has 1 aliphatic heterocycles. The van der Waals surface area contributed by atoms with Crippen LogP contribution in [0.3, 0.4) is 0 Å². The molecule has 0 radical (unpaired) electrons. The van der Waals surface area contributed by atoms with Crippen LogP contribution in [0.15, 0.2) is 22.6 Å². The Balaban J connectivity index is 1.76. The van der Waals surface area contributed by atoms with Crippen molar-refractivity contribution >= 4 is 22.9 Å². The molecule has 1 saturated heterocycles. The van der Waals surface area contributed by atoms with Gasteiger partial charge in [0.05, 0.1) is 0 Å². The summed E-state index contributed by atoms with van der Waals surface area (Å²) in [6, 6.07) is 5.28. The molecular formula is C15H17N3O3. The largest absolute Gasteiger partial charge is 0.441 e. The maximum atomic E-state index is 12.5. The molecule has 6 nitrogen and oxygen atoms in total. The summed E-state index contributed by atoms with van der Waals surface area (Å²) >= 11 is 0. The van der Waals surface area contributed by atoms with Crippen LogP contribution in [0.2, 0.25) is 0 Å². The maximum absolute atomic E-state index is 12.5. The van der Waals surface area contributed by atoms with E-state index in [4.69, 9.17) is 4.42 Å². The SMILES string of the molecule is CC(=O)N1CCN(C(=O)c2ccc3oc(C)nc3c2)CC1. The monoisotopic (exact) mass is 287 g/mol. The summed E-state index contributed by atoms with van der Waals surface area (Å²) in [7, 11) is 0. The Hall–Kier alpha value is -2.37. The summed E-state index contributed by atoms with van der Waals surface area (Å²) in [6.07, 6.45) is 0. The molecule has 2 heterocycles. The predicted octanol–water partition coefficient (Wildman–Crippen LogP) is 1.44. The van der Waals surface area contributed by atoms with E-state index in [0.29, 0.717) is 48.7 Å². The first kappa shape index (κ1) is 13.6. The van der Waals surface area contributed by atoms with Crippen molar-refractivity contribution in [1.29, 1.82) is 0 Å². The molecule has 6 heteroatoms. The zero-order chi connectivity index (χ0) is 15.0. The topological polar surface area (TPSA) is 66.7 Å². The molecule has 1 aromatic carbocycles. The molecule has 21 heavy (non-hydrogen) atoms. The number of benzene rings is 1. The van der Waals surface area contributed by atoms with Gasteiger partial charge in [-0.1, -0.05) is 0 Å². The molecule has 3 rings (SSSR count). The smallest absolute Gasteiger partial charge is 0.254 e. The summed E-state index contributed by atoms with van der Waals surface area (Å²) in [6.45, 7) is 5.64. The second-order valence-corrected chi connectivity index (χ2v) is 5.21. The van der Waals surface area contributed by atoms with E-state index < -0.39 is 0 Å². The summed E-state index contributed by atoms with van der Waals surface area (Å²) in [4.78, 5) is 31.6. The van der Waals surface area contributed by atoms with Gasteiger partial charge in [-0.3, -0.25) is 9.59 Å². The number of rotatable bonds is 1. The van der Waals surface area contributed by atoms with Gasteiger partial charge < -0.3 is 14.2 Å². The Morgan fingerprint density at radius 1 is 1.14 bits per heavy atom. The average molecular weight is 287 g/mol. The second-order valence-electron chi connectivity index (χ2n) is 5.21. The molecule has 110 valence electrons. The predicted molar refractivity (Wildman–Crippen MR) is 76.9 cm³/mol. The van der Waals surface area contributed by atoms with Crippen LogP contribution in [0.4, 0.5) is 0 Å². The molecule has 1 aliphatic rings. The van der Waals surface area contributed by atoms with Crippen molar-refractivity contribution < 1.29 is 14.0 Å². The lowest BCUT2D eigenvalue weighted by atomic mass is 10.1. The number of carbonyl (C=O) groups excluding carboxylic acids is 2. The first-order chi connectivity index (χ1) is 10.0. The number of aryl methyl sites for hydroxylation is 1. The Morgan fingerprint density at radius 3 is 2.48 bits per heavy atom. The van der Waals surface area contributed by atoms with Gasteiger partial charge in [-0.25, -0.2) is 4.98 Å². The molecule has 0 atom stereocenters. The van der Waals surface area contributed by atoms with E-state index in [9.17, 15) is 9.59 Å². The third-order valence-electron chi connectivity index (χ3n) is 3.75. The number of piperazine rings is 1. The first-order valence-corrected chi connectivity index (χ1v) is 6.96. The summed E-state index contributed by atoms with van der Waals surface area (Å²) in [5, 5.41) is 0. The maximum Gasteiger partial charge on any atom is 0.254 e. The number of amides is 2. The van der Waals surface area contributed by atoms with E-state index >= 15 is 0 Å². The van der Waals surface area contributed by atoms with E-state index in [1.54, 1.807) is 41.8 Å². The van der Waals surface area contributed by atoms with Gasteiger partial charge in [-0.2, -0.15) is 0 Å². The fourth-order valence-electron chi connectivity index (χ4n) is 2.58. The van der Waals surface area contributed by atoms with Crippen molar-refractivity contribution in [3.63, 3.8) is 0 Å². The van der Waals surface area contributed by atoms with E-state index in [1.165, 1.54) is 0 Å². The van der Waals surface area contributed by atoms with Gasteiger partial charge in [0.1, 0.15) is 5.52 Å². The highest BCUT2D eigenvalue weighted by molar-refractivity contribution is 5.97.